The number of rotatable bonds is 7. The second-order valence-electron chi connectivity index (χ2n) is 7.91. The Balaban J connectivity index is 1.68. The molecule has 176 valence electrons. The normalized spacial score (nSPS) is 12.0. The number of pyridine rings is 1. The van der Waals surface area contributed by atoms with Crippen LogP contribution < -0.4 is 9.47 Å². The molecule has 2 heterocycles. The molecule has 0 aliphatic rings. The van der Waals surface area contributed by atoms with E-state index < -0.39 is 12.6 Å². The Kier molecular flexibility index (Phi) is 6.47. The molecule has 1 atom stereocenters. The van der Waals surface area contributed by atoms with Crippen molar-refractivity contribution in [2.24, 2.45) is 0 Å². The molecule has 0 saturated carbocycles. The molecule has 0 spiro atoms. The number of carbonyl (C=O) groups excluding carboxylic acids is 1. The largest absolute Gasteiger partial charge is 0.618 e. The molecule has 0 radical (unpaired) electrons. The minimum absolute atomic E-state index is 0.183. The highest BCUT2D eigenvalue weighted by molar-refractivity contribution is 5.96. The number of aromatic amines is 1. The summed E-state index contributed by atoms with van der Waals surface area (Å²) in [7, 11) is 1.64. The summed E-state index contributed by atoms with van der Waals surface area (Å²) >= 11 is 0. The first-order valence-corrected chi connectivity index (χ1v) is 10.8. The molecule has 1 amide bonds. The summed E-state index contributed by atoms with van der Waals surface area (Å²) in [6.45, 7) is 3.58. The highest BCUT2D eigenvalue weighted by atomic mass is 19.1. The smallest absolute Gasteiger partial charge is 0.254 e. The van der Waals surface area contributed by atoms with Crippen LogP contribution in [0.1, 0.15) is 41.5 Å². The Hall–Kier alpha value is -3.98. The number of amides is 1. The van der Waals surface area contributed by atoms with Gasteiger partial charge in [0, 0.05) is 24.4 Å². The van der Waals surface area contributed by atoms with Gasteiger partial charge in [0.05, 0.1) is 23.6 Å². The van der Waals surface area contributed by atoms with Crippen LogP contribution >= 0.6 is 0 Å². The van der Waals surface area contributed by atoms with Gasteiger partial charge in [-0.3, -0.25) is 9.89 Å². The second-order valence-corrected chi connectivity index (χ2v) is 7.91. The first kappa shape index (κ1) is 23.2. The predicted molar refractivity (Wildman–Crippen MR) is 124 cm³/mol. The molecule has 8 nitrogen and oxygen atoms in total. The van der Waals surface area contributed by atoms with Crippen molar-refractivity contribution in [2.45, 2.75) is 26.5 Å². The number of ether oxygens (including phenoxy) is 1. The topological polar surface area (TPSA) is 105 Å². The van der Waals surface area contributed by atoms with E-state index >= 15 is 0 Å². The number of hydrogen-bond donors (Lipinski definition) is 2. The van der Waals surface area contributed by atoms with E-state index in [9.17, 15) is 19.5 Å². The lowest BCUT2D eigenvalue weighted by molar-refractivity contribution is -0.615. The lowest BCUT2D eigenvalue weighted by Gasteiger charge is -2.25. The van der Waals surface area contributed by atoms with Crippen molar-refractivity contribution in [3.05, 3.63) is 82.7 Å². The quantitative estimate of drug-likeness (QED) is 0.320. The van der Waals surface area contributed by atoms with Crippen LogP contribution in [0.2, 0.25) is 0 Å². The fourth-order valence-electron chi connectivity index (χ4n) is 3.99. The van der Waals surface area contributed by atoms with Gasteiger partial charge in [-0.15, -0.1) is 0 Å². The van der Waals surface area contributed by atoms with Gasteiger partial charge in [0.1, 0.15) is 23.7 Å². The van der Waals surface area contributed by atoms with Crippen molar-refractivity contribution in [1.29, 1.82) is 0 Å². The maximum absolute atomic E-state index is 13.8. The molecular weight excluding hydrogens is 439 g/mol. The van der Waals surface area contributed by atoms with E-state index in [1.807, 2.05) is 6.92 Å². The van der Waals surface area contributed by atoms with Gasteiger partial charge >= 0.3 is 0 Å². The van der Waals surface area contributed by atoms with Crippen molar-refractivity contribution < 1.29 is 23.8 Å². The third-order valence-electron chi connectivity index (χ3n) is 5.91. The molecule has 0 aliphatic carbocycles. The summed E-state index contributed by atoms with van der Waals surface area (Å²) < 4.78 is 20.1. The third kappa shape index (κ3) is 4.17. The van der Waals surface area contributed by atoms with Crippen molar-refractivity contribution in [3.8, 4) is 16.9 Å². The number of aliphatic hydroxyl groups is 1. The van der Waals surface area contributed by atoms with Crippen LogP contribution in [0, 0.1) is 11.0 Å². The highest BCUT2D eigenvalue weighted by Crippen LogP contribution is 2.33. The lowest BCUT2D eigenvalue weighted by Crippen LogP contribution is -2.35. The molecule has 4 aromatic rings. The zero-order valence-electron chi connectivity index (χ0n) is 19.1. The number of fused-ring (bicyclic) bond motifs is 1. The zero-order valence-corrected chi connectivity index (χ0v) is 19.1. The number of carbonyl (C=O) groups is 1. The number of halogens is 1. The second kappa shape index (κ2) is 9.48. The maximum Gasteiger partial charge on any atom is 0.254 e. The first-order valence-electron chi connectivity index (χ1n) is 10.8. The number of hydrogen-bond acceptors (Lipinski definition) is 5. The van der Waals surface area contributed by atoms with E-state index in [1.54, 1.807) is 50.5 Å². The minimum Gasteiger partial charge on any atom is -0.618 e. The van der Waals surface area contributed by atoms with Crippen molar-refractivity contribution in [1.82, 2.24) is 15.1 Å². The van der Waals surface area contributed by atoms with E-state index in [2.05, 4.69) is 10.2 Å². The van der Waals surface area contributed by atoms with Gasteiger partial charge in [-0.05, 0) is 49.7 Å². The van der Waals surface area contributed by atoms with Gasteiger partial charge in [0.25, 0.3) is 5.91 Å². The number of nitrogens with zero attached hydrogens (tertiary/aromatic N) is 3. The molecule has 0 bridgehead atoms. The van der Waals surface area contributed by atoms with Crippen LogP contribution in [0.25, 0.3) is 22.0 Å². The maximum atomic E-state index is 13.8. The Bertz CT molecular complexity index is 1350. The molecule has 9 heteroatoms. The monoisotopic (exact) mass is 464 g/mol. The number of aromatic nitrogens is 3. The molecule has 2 aromatic heterocycles. The Morgan fingerprint density at radius 3 is 2.82 bits per heavy atom. The van der Waals surface area contributed by atoms with Crippen LogP contribution in [-0.4, -0.2) is 39.8 Å². The number of aliphatic hydroxyl groups excluding tert-OH is 1. The van der Waals surface area contributed by atoms with Crippen LogP contribution in [0.4, 0.5) is 4.39 Å². The lowest BCUT2D eigenvalue weighted by atomic mass is 10.0. The number of nitrogens with one attached hydrogen (secondary N) is 1. The van der Waals surface area contributed by atoms with Gasteiger partial charge in [0.15, 0.2) is 6.20 Å². The molecule has 2 N–H and O–H groups in total. The average Bonchev–Trinajstić information content (AvgIpc) is 3.32. The van der Waals surface area contributed by atoms with Crippen LogP contribution in [-0.2, 0) is 6.61 Å². The van der Waals surface area contributed by atoms with E-state index in [-0.39, 0.29) is 17.4 Å². The average molecular weight is 464 g/mol. The van der Waals surface area contributed by atoms with E-state index in [4.69, 9.17) is 4.74 Å². The molecule has 0 fully saturated rings. The number of benzene rings is 2. The Morgan fingerprint density at radius 2 is 2.12 bits per heavy atom. The van der Waals surface area contributed by atoms with Gasteiger partial charge in [-0.1, -0.05) is 12.1 Å². The van der Waals surface area contributed by atoms with E-state index in [1.165, 1.54) is 23.2 Å². The summed E-state index contributed by atoms with van der Waals surface area (Å²) in [6, 6.07) is 10.7. The van der Waals surface area contributed by atoms with Crippen molar-refractivity contribution in [3.63, 3.8) is 0 Å². The zero-order chi connectivity index (χ0) is 24.4. The van der Waals surface area contributed by atoms with E-state index in [0.29, 0.717) is 50.2 Å². The van der Waals surface area contributed by atoms with Gasteiger partial charge in [0.2, 0.25) is 5.69 Å². The van der Waals surface area contributed by atoms with Crippen molar-refractivity contribution in [2.75, 3.05) is 13.7 Å². The van der Waals surface area contributed by atoms with Gasteiger partial charge < -0.3 is 20.0 Å². The SMILES string of the molecule is CCOc1cc(C(=O)N(C)C(C)c2c[n+]([O-])c(CO)c3c[nH]nc23)ccc1-c1cccc(F)c1. The minimum atomic E-state index is -0.496. The molecule has 2 aromatic carbocycles. The molecule has 0 aliphatic heterocycles. The highest BCUT2D eigenvalue weighted by Gasteiger charge is 2.27. The Morgan fingerprint density at radius 1 is 1.32 bits per heavy atom. The first-order chi connectivity index (χ1) is 16.3. The summed E-state index contributed by atoms with van der Waals surface area (Å²) in [6.07, 6.45) is 2.88. The molecule has 1 unspecified atom stereocenters. The number of H-pyrrole nitrogens is 1. The standard InChI is InChI=1S/C25H25FN4O4/c1-4-34-23-11-17(8-9-19(23)16-6-5-7-18(26)10-16)25(32)29(3)15(2)21-13-30(33)22(14-31)20-12-27-28-24(20)21/h5-13,15,31H,4,14H2,1-3H3,(H,27,28). The fourth-order valence-corrected chi connectivity index (χ4v) is 3.99. The Labute approximate surface area is 195 Å². The fraction of sp³-hybridized carbons (Fsp3) is 0.240. The summed E-state index contributed by atoms with van der Waals surface area (Å²) in [4.78, 5) is 14.9. The molecular formula is C25H25FN4O4. The predicted octanol–water partition coefficient (Wildman–Crippen LogP) is 3.73. The van der Waals surface area contributed by atoms with Gasteiger partial charge in [-0.25, -0.2) is 4.39 Å². The van der Waals surface area contributed by atoms with Crippen LogP contribution in [0.15, 0.2) is 54.9 Å². The summed E-state index contributed by atoms with van der Waals surface area (Å²) in [5, 5.41) is 29.4. The summed E-state index contributed by atoms with van der Waals surface area (Å²) in [5.41, 5.74) is 2.95. The van der Waals surface area contributed by atoms with Crippen molar-refractivity contribution >= 4 is 16.8 Å². The van der Waals surface area contributed by atoms with Gasteiger partial charge in [-0.2, -0.15) is 9.83 Å². The summed E-state index contributed by atoms with van der Waals surface area (Å²) in [5.74, 6) is -0.174. The van der Waals surface area contributed by atoms with Crippen LogP contribution in [0.3, 0.4) is 0 Å². The van der Waals surface area contributed by atoms with E-state index in [0.717, 1.165) is 0 Å². The third-order valence-corrected chi connectivity index (χ3v) is 5.91. The molecule has 4 rings (SSSR count). The van der Waals surface area contributed by atoms with Crippen LogP contribution in [0.5, 0.6) is 5.75 Å². The molecule has 34 heavy (non-hydrogen) atoms. The molecule has 0 saturated heterocycles.